The summed E-state index contributed by atoms with van der Waals surface area (Å²) in [5.74, 6) is 2.47. The molecule has 0 spiro atoms. The molecule has 6 nitrogen and oxygen atoms in total. The van der Waals surface area contributed by atoms with Crippen LogP contribution >= 0.6 is 0 Å². The molecule has 3 N–H and O–H groups in total. The monoisotopic (exact) mass is 389 g/mol. The fourth-order valence-electron chi connectivity index (χ4n) is 4.03. The summed E-state index contributed by atoms with van der Waals surface area (Å²) in [5, 5.41) is 7.66. The molecule has 0 radical (unpaired) electrons. The molecule has 2 aliphatic rings. The maximum Gasteiger partial charge on any atom is 0.223 e. The second kappa shape index (κ2) is 7.50. The number of fused-ring (bicyclic) bond motifs is 1. The topological polar surface area (TPSA) is 82.7 Å². The standard InChI is InChI=1S/C23H27N5O/c1-24-21-12-20(26-22(28-21)14-9-10-14)19(27-23(29)15-5-4-6-15)11-16-13-25-18-8-3-2-7-17(16)18/h2-3,7-8,12-15,19,25H,4-6,9-11H2,1H3,(H,27,29)(H,24,26,28). The van der Waals surface area contributed by atoms with E-state index in [1.165, 1.54) is 10.9 Å². The summed E-state index contributed by atoms with van der Waals surface area (Å²) in [4.78, 5) is 25.7. The summed E-state index contributed by atoms with van der Waals surface area (Å²) >= 11 is 0. The van der Waals surface area contributed by atoms with Crippen LogP contribution in [0.2, 0.25) is 0 Å². The highest BCUT2D eigenvalue weighted by Gasteiger charge is 2.31. The SMILES string of the molecule is CNc1cc(C(Cc2c[nH]c3ccccc23)NC(=O)C2CCC2)nc(C2CC2)n1. The van der Waals surface area contributed by atoms with Crippen molar-refractivity contribution in [3.8, 4) is 0 Å². The summed E-state index contributed by atoms with van der Waals surface area (Å²) < 4.78 is 0. The molecule has 1 atom stereocenters. The molecular formula is C23H27N5O. The number of carbonyl (C=O) groups is 1. The number of amides is 1. The number of aromatic nitrogens is 3. The van der Waals surface area contributed by atoms with Crippen molar-refractivity contribution in [2.75, 3.05) is 12.4 Å². The lowest BCUT2D eigenvalue weighted by Crippen LogP contribution is -2.38. The van der Waals surface area contributed by atoms with E-state index in [0.717, 1.165) is 55.0 Å². The molecule has 2 heterocycles. The van der Waals surface area contributed by atoms with Crippen molar-refractivity contribution in [2.24, 2.45) is 5.92 Å². The Hall–Kier alpha value is -2.89. The van der Waals surface area contributed by atoms with Crippen LogP contribution in [-0.2, 0) is 11.2 Å². The third-order valence-corrected chi connectivity index (χ3v) is 6.21. The summed E-state index contributed by atoms with van der Waals surface area (Å²) in [6, 6.07) is 10.1. The Morgan fingerprint density at radius 3 is 2.76 bits per heavy atom. The smallest absolute Gasteiger partial charge is 0.223 e. The summed E-state index contributed by atoms with van der Waals surface area (Å²) in [7, 11) is 1.88. The zero-order valence-electron chi connectivity index (χ0n) is 16.7. The normalized spacial score (nSPS) is 17.7. The number of hydrogen-bond acceptors (Lipinski definition) is 4. The molecular weight excluding hydrogens is 362 g/mol. The predicted octanol–water partition coefficient (Wildman–Crippen LogP) is 4.08. The van der Waals surface area contributed by atoms with Crippen LogP contribution in [0.5, 0.6) is 0 Å². The predicted molar refractivity (Wildman–Crippen MR) is 114 cm³/mol. The first kappa shape index (κ1) is 18.2. The molecule has 1 aromatic carbocycles. The third kappa shape index (κ3) is 3.71. The molecule has 29 heavy (non-hydrogen) atoms. The number of aromatic amines is 1. The van der Waals surface area contributed by atoms with Gasteiger partial charge in [0.05, 0.1) is 11.7 Å². The van der Waals surface area contributed by atoms with Crippen molar-refractivity contribution >= 4 is 22.6 Å². The Balaban J connectivity index is 1.49. The first-order valence-corrected chi connectivity index (χ1v) is 10.6. The van der Waals surface area contributed by atoms with Gasteiger partial charge in [-0.3, -0.25) is 4.79 Å². The highest BCUT2D eigenvalue weighted by molar-refractivity contribution is 5.83. The van der Waals surface area contributed by atoms with Crippen LogP contribution < -0.4 is 10.6 Å². The van der Waals surface area contributed by atoms with Crippen LogP contribution in [-0.4, -0.2) is 27.9 Å². The maximum atomic E-state index is 12.8. The van der Waals surface area contributed by atoms with Gasteiger partial charge in [-0.05, 0) is 37.3 Å². The van der Waals surface area contributed by atoms with Gasteiger partial charge < -0.3 is 15.6 Å². The molecule has 1 unspecified atom stereocenters. The van der Waals surface area contributed by atoms with E-state index >= 15 is 0 Å². The quantitative estimate of drug-likeness (QED) is 0.569. The Morgan fingerprint density at radius 2 is 2.03 bits per heavy atom. The van der Waals surface area contributed by atoms with E-state index in [0.29, 0.717) is 12.3 Å². The van der Waals surface area contributed by atoms with Crippen LogP contribution in [0.3, 0.4) is 0 Å². The lowest BCUT2D eigenvalue weighted by molar-refractivity contribution is -0.128. The van der Waals surface area contributed by atoms with Gasteiger partial charge in [0.15, 0.2) is 0 Å². The van der Waals surface area contributed by atoms with Gasteiger partial charge in [0.25, 0.3) is 0 Å². The van der Waals surface area contributed by atoms with Crippen molar-refractivity contribution in [1.82, 2.24) is 20.3 Å². The number of rotatable bonds is 7. The first-order chi connectivity index (χ1) is 14.2. The van der Waals surface area contributed by atoms with Crippen LogP contribution in [0, 0.1) is 5.92 Å². The number of anilines is 1. The number of benzene rings is 1. The number of nitrogens with zero attached hydrogens (tertiary/aromatic N) is 2. The van der Waals surface area contributed by atoms with E-state index in [2.05, 4.69) is 45.0 Å². The molecule has 2 aliphatic carbocycles. The van der Waals surface area contributed by atoms with E-state index < -0.39 is 0 Å². The first-order valence-electron chi connectivity index (χ1n) is 10.6. The van der Waals surface area contributed by atoms with E-state index in [1.54, 1.807) is 0 Å². The van der Waals surface area contributed by atoms with Gasteiger partial charge >= 0.3 is 0 Å². The minimum absolute atomic E-state index is 0.147. The highest BCUT2D eigenvalue weighted by atomic mass is 16.2. The Morgan fingerprint density at radius 1 is 1.21 bits per heavy atom. The zero-order valence-corrected chi connectivity index (χ0v) is 16.7. The molecule has 3 aromatic rings. The van der Waals surface area contributed by atoms with Gasteiger partial charge in [-0.15, -0.1) is 0 Å². The van der Waals surface area contributed by atoms with Crippen LogP contribution in [0.4, 0.5) is 5.82 Å². The van der Waals surface area contributed by atoms with Crippen molar-refractivity contribution in [3.05, 3.63) is 53.6 Å². The molecule has 0 saturated heterocycles. The maximum absolute atomic E-state index is 12.8. The fourth-order valence-corrected chi connectivity index (χ4v) is 4.03. The molecule has 0 aliphatic heterocycles. The molecule has 0 bridgehead atoms. The molecule has 2 aromatic heterocycles. The van der Waals surface area contributed by atoms with Crippen molar-refractivity contribution < 1.29 is 4.79 Å². The third-order valence-electron chi connectivity index (χ3n) is 6.21. The highest BCUT2D eigenvalue weighted by Crippen LogP contribution is 2.39. The summed E-state index contributed by atoms with van der Waals surface area (Å²) in [6.07, 6.45) is 8.17. The Labute approximate surface area is 170 Å². The number of para-hydroxylation sites is 1. The van der Waals surface area contributed by atoms with Gasteiger partial charge in [-0.2, -0.15) is 0 Å². The molecule has 1 amide bonds. The zero-order chi connectivity index (χ0) is 19.8. The van der Waals surface area contributed by atoms with Gasteiger partial charge in [0, 0.05) is 48.5 Å². The molecule has 2 fully saturated rings. The van der Waals surface area contributed by atoms with Crippen LogP contribution in [0.1, 0.15) is 61.1 Å². The minimum atomic E-state index is -0.171. The summed E-state index contributed by atoms with van der Waals surface area (Å²) in [6.45, 7) is 0. The molecule has 2 saturated carbocycles. The summed E-state index contributed by atoms with van der Waals surface area (Å²) in [5.41, 5.74) is 3.20. The second-order valence-electron chi connectivity index (χ2n) is 8.31. The van der Waals surface area contributed by atoms with Gasteiger partial charge in [0.1, 0.15) is 11.6 Å². The second-order valence-corrected chi connectivity index (χ2v) is 8.31. The average molecular weight is 390 g/mol. The number of nitrogens with one attached hydrogen (secondary N) is 3. The van der Waals surface area contributed by atoms with E-state index in [1.807, 2.05) is 19.2 Å². The number of H-pyrrole nitrogens is 1. The lowest BCUT2D eigenvalue weighted by atomic mass is 9.84. The average Bonchev–Trinajstić information content (AvgIpc) is 3.47. The van der Waals surface area contributed by atoms with Gasteiger partial charge in [-0.25, -0.2) is 9.97 Å². The Kier molecular flexibility index (Phi) is 4.70. The van der Waals surface area contributed by atoms with Gasteiger partial charge in [0.2, 0.25) is 5.91 Å². The molecule has 150 valence electrons. The van der Waals surface area contributed by atoms with Crippen molar-refractivity contribution in [3.63, 3.8) is 0 Å². The lowest BCUT2D eigenvalue weighted by Gasteiger charge is -2.27. The van der Waals surface area contributed by atoms with E-state index in [4.69, 9.17) is 4.98 Å². The van der Waals surface area contributed by atoms with Crippen LogP contribution in [0.15, 0.2) is 36.5 Å². The number of hydrogen-bond donors (Lipinski definition) is 3. The van der Waals surface area contributed by atoms with Crippen LogP contribution in [0.25, 0.3) is 10.9 Å². The fraction of sp³-hybridized carbons (Fsp3) is 0.435. The van der Waals surface area contributed by atoms with Crippen molar-refractivity contribution in [1.29, 1.82) is 0 Å². The number of carbonyl (C=O) groups excluding carboxylic acids is 1. The minimum Gasteiger partial charge on any atom is -0.373 e. The largest absolute Gasteiger partial charge is 0.373 e. The van der Waals surface area contributed by atoms with Crippen molar-refractivity contribution in [2.45, 2.75) is 50.5 Å². The molecule has 5 rings (SSSR count). The Bertz CT molecular complexity index is 1030. The van der Waals surface area contributed by atoms with E-state index in [-0.39, 0.29) is 17.9 Å². The molecule has 6 heteroatoms. The van der Waals surface area contributed by atoms with E-state index in [9.17, 15) is 4.79 Å². The van der Waals surface area contributed by atoms with Gasteiger partial charge in [-0.1, -0.05) is 24.6 Å².